The molecule has 2 aromatic rings. The molecule has 4 rings (SSSR count). The molecule has 0 unspecified atom stereocenters. The molecule has 1 saturated heterocycles. The van der Waals surface area contributed by atoms with Gasteiger partial charge in [-0.2, -0.15) is 0 Å². The number of para-hydroxylation sites is 1. The maximum Gasteiger partial charge on any atom is 0.253 e. The molecule has 4 heteroatoms. The predicted molar refractivity (Wildman–Crippen MR) is 102 cm³/mol. The minimum absolute atomic E-state index is 0.0543. The Morgan fingerprint density at radius 3 is 3.00 bits per heavy atom. The number of rotatable bonds is 5. The van der Waals surface area contributed by atoms with Gasteiger partial charge in [0.2, 0.25) is 0 Å². The van der Waals surface area contributed by atoms with Crippen molar-refractivity contribution in [3.63, 3.8) is 0 Å². The van der Waals surface area contributed by atoms with Crippen molar-refractivity contribution in [2.45, 2.75) is 45.4 Å². The summed E-state index contributed by atoms with van der Waals surface area (Å²) in [7, 11) is 0. The first-order valence-electron chi connectivity index (χ1n) is 9.85. The summed E-state index contributed by atoms with van der Waals surface area (Å²) in [6.45, 7) is 6.61. The number of aromatic nitrogens is 1. The number of nitrogens with one attached hydrogen (secondary N) is 2. The fourth-order valence-electron chi connectivity index (χ4n) is 4.41. The zero-order valence-corrected chi connectivity index (χ0v) is 15.2. The van der Waals surface area contributed by atoms with Crippen molar-refractivity contribution in [1.29, 1.82) is 0 Å². The Balaban J connectivity index is 1.44. The van der Waals surface area contributed by atoms with Crippen LogP contribution in [0.5, 0.6) is 0 Å². The summed E-state index contributed by atoms with van der Waals surface area (Å²) >= 11 is 0. The summed E-state index contributed by atoms with van der Waals surface area (Å²) < 4.78 is 0. The Labute approximate surface area is 150 Å². The van der Waals surface area contributed by atoms with Crippen LogP contribution in [0.25, 0.3) is 10.9 Å². The van der Waals surface area contributed by atoms with Gasteiger partial charge in [0, 0.05) is 17.6 Å². The molecule has 1 aromatic heterocycles. The highest BCUT2D eigenvalue weighted by atomic mass is 16.1. The van der Waals surface area contributed by atoms with E-state index in [4.69, 9.17) is 0 Å². The van der Waals surface area contributed by atoms with Crippen LogP contribution in [-0.4, -0.2) is 42.0 Å². The van der Waals surface area contributed by atoms with Crippen LogP contribution < -0.4 is 5.32 Å². The molecule has 0 bridgehead atoms. The highest BCUT2D eigenvalue weighted by Crippen LogP contribution is 2.32. The molecule has 4 nitrogen and oxygen atoms in total. The van der Waals surface area contributed by atoms with Gasteiger partial charge in [0.1, 0.15) is 0 Å². The van der Waals surface area contributed by atoms with Crippen molar-refractivity contribution in [2.24, 2.45) is 5.92 Å². The summed E-state index contributed by atoms with van der Waals surface area (Å²) in [5, 5.41) is 4.36. The maximum absolute atomic E-state index is 12.7. The van der Waals surface area contributed by atoms with Crippen LogP contribution in [0.1, 0.15) is 54.2 Å². The number of benzene rings is 1. The fraction of sp³-hybridized carbons (Fsp3) is 0.571. The monoisotopic (exact) mass is 339 g/mol. The number of nitrogens with zero attached hydrogens (tertiary/aromatic N) is 1. The van der Waals surface area contributed by atoms with E-state index in [1.807, 2.05) is 12.1 Å². The second-order valence-corrected chi connectivity index (χ2v) is 7.82. The van der Waals surface area contributed by atoms with Gasteiger partial charge in [0.05, 0.1) is 11.1 Å². The summed E-state index contributed by atoms with van der Waals surface area (Å²) in [5.41, 5.74) is 4.58. The van der Waals surface area contributed by atoms with Gasteiger partial charge in [0.15, 0.2) is 0 Å². The van der Waals surface area contributed by atoms with Crippen molar-refractivity contribution >= 4 is 16.8 Å². The molecule has 25 heavy (non-hydrogen) atoms. The average Bonchev–Trinajstić information content (AvgIpc) is 3.25. The van der Waals surface area contributed by atoms with Crippen molar-refractivity contribution < 1.29 is 4.79 Å². The Morgan fingerprint density at radius 2 is 2.16 bits per heavy atom. The minimum Gasteiger partial charge on any atom is -0.358 e. The average molecular weight is 339 g/mol. The summed E-state index contributed by atoms with van der Waals surface area (Å²) in [5.74, 6) is 0.785. The molecule has 1 aromatic carbocycles. The quantitative estimate of drug-likeness (QED) is 0.819. The second kappa shape index (κ2) is 7.20. The molecule has 1 atom stereocenters. The van der Waals surface area contributed by atoms with E-state index < -0.39 is 0 Å². The van der Waals surface area contributed by atoms with Crippen molar-refractivity contribution in [2.75, 3.05) is 26.2 Å². The molecule has 1 aliphatic carbocycles. The molecule has 0 saturated carbocycles. The van der Waals surface area contributed by atoms with E-state index in [-0.39, 0.29) is 5.91 Å². The Kier molecular flexibility index (Phi) is 4.80. The van der Waals surface area contributed by atoms with Crippen LogP contribution in [0.3, 0.4) is 0 Å². The second-order valence-electron chi connectivity index (χ2n) is 7.82. The van der Waals surface area contributed by atoms with Gasteiger partial charge in [-0.15, -0.1) is 0 Å². The Hall–Kier alpha value is -1.81. The topological polar surface area (TPSA) is 48.1 Å². The predicted octanol–water partition coefficient (Wildman–Crippen LogP) is 3.51. The summed E-state index contributed by atoms with van der Waals surface area (Å²) in [6, 6.07) is 6.13. The normalized spacial score (nSPS) is 20.8. The minimum atomic E-state index is 0.0543. The first-order chi connectivity index (χ1) is 12.2. The molecule has 134 valence electrons. The molecule has 1 fully saturated rings. The number of carbonyl (C=O) groups excluding carboxylic acids is 1. The number of carbonyl (C=O) groups is 1. The third-order valence-corrected chi connectivity index (χ3v) is 5.85. The van der Waals surface area contributed by atoms with Gasteiger partial charge in [0.25, 0.3) is 5.91 Å². The zero-order valence-electron chi connectivity index (χ0n) is 15.2. The molecule has 1 aliphatic heterocycles. The van der Waals surface area contributed by atoms with Gasteiger partial charge in [-0.25, -0.2) is 0 Å². The number of fused-ring (bicyclic) bond motifs is 3. The van der Waals surface area contributed by atoms with Crippen LogP contribution in [-0.2, 0) is 12.8 Å². The van der Waals surface area contributed by atoms with Gasteiger partial charge in [-0.05, 0) is 75.7 Å². The SMILES string of the molecule is C[C@H]1CCc2[nH]c3c(C(=O)NCCCN4CCCC4)cccc3c2C1. The maximum atomic E-state index is 12.7. The van der Waals surface area contributed by atoms with Crippen LogP contribution in [0.15, 0.2) is 18.2 Å². The highest BCUT2D eigenvalue weighted by Gasteiger charge is 2.22. The van der Waals surface area contributed by atoms with Crippen LogP contribution in [0, 0.1) is 5.92 Å². The lowest BCUT2D eigenvalue weighted by Gasteiger charge is -2.17. The summed E-state index contributed by atoms with van der Waals surface area (Å²) in [6.07, 6.45) is 7.13. The van der Waals surface area contributed by atoms with Crippen molar-refractivity contribution in [3.05, 3.63) is 35.0 Å². The first-order valence-corrected chi connectivity index (χ1v) is 9.85. The van der Waals surface area contributed by atoms with E-state index in [0.29, 0.717) is 0 Å². The molecular weight excluding hydrogens is 310 g/mol. The molecule has 1 amide bonds. The van der Waals surface area contributed by atoms with Gasteiger partial charge < -0.3 is 15.2 Å². The number of aryl methyl sites for hydroxylation is 1. The van der Waals surface area contributed by atoms with Crippen molar-refractivity contribution in [3.8, 4) is 0 Å². The van der Waals surface area contributed by atoms with E-state index in [1.54, 1.807) is 0 Å². The van der Waals surface area contributed by atoms with Gasteiger partial charge in [-0.3, -0.25) is 4.79 Å². The van der Waals surface area contributed by atoms with Crippen molar-refractivity contribution in [1.82, 2.24) is 15.2 Å². The number of amides is 1. The third kappa shape index (κ3) is 3.45. The molecular formula is C21H29N3O. The van der Waals surface area contributed by atoms with Crippen LogP contribution >= 0.6 is 0 Å². The molecule has 0 radical (unpaired) electrons. The smallest absolute Gasteiger partial charge is 0.253 e. The van der Waals surface area contributed by atoms with Gasteiger partial charge >= 0.3 is 0 Å². The number of likely N-dealkylation sites (tertiary alicyclic amines) is 1. The number of hydrogen-bond acceptors (Lipinski definition) is 2. The first kappa shape index (κ1) is 16.6. The standard InChI is InChI=1S/C21H29N3O/c1-15-8-9-19-18(14-15)16-6-4-7-17(20(16)23-19)21(25)22-10-5-13-24-11-2-3-12-24/h4,6-7,15,23H,2-3,5,8-14H2,1H3,(H,22,25)/t15-/m0/s1. The van der Waals surface area contributed by atoms with E-state index in [0.717, 1.165) is 49.4 Å². The van der Waals surface area contributed by atoms with E-state index in [2.05, 4.69) is 28.2 Å². The Bertz CT molecular complexity index is 758. The number of aromatic amines is 1. The summed E-state index contributed by atoms with van der Waals surface area (Å²) in [4.78, 5) is 18.7. The third-order valence-electron chi connectivity index (χ3n) is 5.85. The highest BCUT2D eigenvalue weighted by molar-refractivity contribution is 6.06. The van der Waals surface area contributed by atoms with Crippen LogP contribution in [0.4, 0.5) is 0 Å². The van der Waals surface area contributed by atoms with E-state index >= 15 is 0 Å². The molecule has 0 spiro atoms. The number of H-pyrrole nitrogens is 1. The fourth-order valence-corrected chi connectivity index (χ4v) is 4.41. The van der Waals surface area contributed by atoms with Gasteiger partial charge in [-0.1, -0.05) is 19.1 Å². The lowest BCUT2D eigenvalue weighted by atomic mass is 9.87. The lowest BCUT2D eigenvalue weighted by Crippen LogP contribution is -2.28. The zero-order chi connectivity index (χ0) is 17.2. The largest absolute Gasteiger partial charge is 0.358 e. The van der Waals surface area contributed by atoms with Crippen LogP contribution in [0.2, 0.25) is 0 Å². The number of hydrogen-bond donors (Lipinski definition) is 2. The van der Waals surface area contributed by atoms with E-state index in [9.17, 15) is 4.79 Å². The molecule has 2 heterocycles. The molecule has 2 aliphatic rings. The lowest BCUT2D eigenvalue weighted by molar-refractivity contribution is 0.0953. The van der Waals surface area contributed by atoms with E-state index in [1.165, 1.54) is 49.0 Å². The molecule has 2 N–H and O–H groups in total. The Morgan fingerprint density at radius 1 is 1.32 bits per heavy atom.